The number of aromatic nitrogens is 1. The van der Waals surface area contributed by atoms with Crippen molar-refractivity contribution in [3.8, 4) is 0 Å². The summed E-state index contributed by atoms with van der Waals surface area (Å²) < 4.78 is 16.8. The number of aliphatic hydroxyl groups excluding tert-OH is 1. The molecule has 1 aliphatic carbocycles. The SMILES string of the molecule is C=CC1=C(/C=C\C)C(N(CC(O)Cn2c3ccccc3c3ccccc32)[S+](C)[O-])CC1. The molecule has 0 amide bonds. The van der Waals surface area contributed by atoms with Crippen LogP contribution in [0.4, 0.5) is 0 Å². The number of fused-ring (bicyclic) bond motifs is 3. The van der Waals surface area contributed by atoms with E-state index >= 15 is 0 Å². The van der Waals surface area contributed by atoms with Gasteiger partial charge < -0.3 is 14.2 Å². The van der Waals surface area contributed by atoms with Gasteiger partial charge in [-0.2, -0.15) is 0 Å². The van der Waals surface area contributed by atoms with Crippen LogP contribution in [0.15, 0.2) is 84.5 Å². The van der Waals surface area contributed by atoms with Gasteiger partial charge in [0.1, 0.15) is 6.26 Å². The van der Waals surface area contributed by atoms with Gasteiger partial charge in [0, 0.05) is 33.2 Å². The molecular weight excluding hydrogens is 404 g/mol. The van der Waals surface area contributed by atoms with E-state index in [0.717, 1.165) is 29.4 Å². The van der Waals surface area contributed by atoms with Crippen molar-refractivity contribution >= 4 is 33.2 Å². The molecule has 1 aliphatic rings. The van der Waals surface area contributed by atoms with Crippen molar-refractivity contribution in [2.75, 3.05) is 12.8 Å². The van der Waals surface area contributed by atoms with Gasteiger partial charge in [-0.1, -0.05) is 61.2 Å². The molecule has 3 atom stereocenters. The highest BCUT2D eigenvalue weighted by Gasteiger charge is 2.35. The quantitative estimate of drug-likeness (QED) is 0.509. The van der Waals surface area contributed by atoms with Gasteiger partial charge in [-0.3, -0.25) is 0 Å². The predicted molar refractivity (Wildman–Crippen MR) is 131 cm³/mol. The third-order valence-corrected chi connectivity index (χ3v) is 7.22. The number of aliphatic hydroxyl groups is 1. The molecule has 0 aliphatic heterocycles. The van der Waals surface area contributed by atoms with E-state index in [2.05, 4.69) is 41.5 Å². The second kappa shape index (κ2) is 9.45. The first kappa shape index (κ1) is 21.9. The molecule has 0 saturated heterocycles. The van der Waals surface area contributed by atoms with Crippen LogP contribution in [0, 0.1) is 0 Å². The molecule has 162 valence electrons. The van der Waals surface area contributed by atoms with Crippen LogP contribution in [-0.4, -0.2) is 43.5 Å². The number of nitrogens with zero attached hydrogens (tertiary/aromatic N) is 2. The zero-order valence-electron chi connectivity index (χ0n) is 18.2. The van der Waals surface area contributed by atoms with Crippen LogP contribution in [0.1, 0.15) is 19.8 Å². The standard InChI is InChI=1S/C26H30N2O2S/c1-4-10-21-19(5-2)15-16-26(21)28(31(3)30)18-20(29)17-27-24-13-8-6-11-22(24)23-12-7-9-14-25(23)27/h4-14,20,26,29H,2,15-18H2,1,3H3/b10-4-. The molecule has 0 fully saturated rings. The number of allylic oxidation sites excluding steroid dienone is 3. The van der Waals surface area contributed by atoms with E-state index in [0.29, 0.717) is 13.1 Å². The van der Waals surface area contributed by atoms with Crippen molar-refractivity contribution in [1.29, 1.82) is 0 Å². The molecule has 4 rings (SSSR count). The molecule has 0 radical (unpaired) electrons. The molecule has 0 spiro atoms. The summed E-state index contributed by atoms with van der Waals surface area (Å²) >= 11 is -1.20. The molecule has 1 aromatic heterocycles. The van der Waals surface area contributed by atoms with Crippen LogP contribution in [-0.2, 0) is 17.9 Å². The monoisotopic (exact) mass is 434 g/mol. The molecule has 3 unspecified atom stereocenters. The number of benzene rings is 2. The predicted octanol–water partition coefficient (Wildman–Crippen LogP) is 4.97. The second-order valence-corrected chi connectivity index (χ2v) is 9.38. The zero-order chi connectivity index (χ0) is 22.0. The summed E-state index contributed by atoms with van der Waals surface area (Å²) in [5.41, 5.74) is 4.58. The van der Waals surface area contributed by atoms with Crippen LogP contribution in [0.25, 0.3) is 21.8 Å². The lowest BCUT2D eigenvalue weighted by Crippen LogP contribution is -2.44. The molecule has 31 heavy (non-hydrogen) atoms. The smallest absolute Gasteiger partial charge is 0.115 e. The Morgan fingerprint density at radius 2 is 1.81 bits per heavy atom. The summed E-state index contributed by atoms with van der Waals surface area (Å²) in [4.78, 5) is 0. The Hall–Kier alpha value is -2.31. The van der Waals surface area contributed by atoms with Gasteiger partial charge in [-0.15, -0.1) is 4.31 Å². The van der Waals surface area contributed by atoms with Crippen LogP contribution in [0.2, 0.25) is 0 Å². The first-order valence-corrected chi connectivity index (χ1v) is 12.3. The Morgan fingerprint density at radius 1 is 1.19 bits per heavy atom. The lowest BCUT2D eigenvalue weighted by atomic mass is 10.1. The van der Waals surface area contributed by atoms with Crippen molar-refractivity contribution in [3.63, 3.8) is 0 Å². The van der Waals surface area contributed by atoms with Crippen molar-refractivity contribution in [3.05, 3.63) is 84.5 Å². The van der Waals surface area contributed by atoms with Gasteiger partial charge >= 0.3 is 0 Å². The van der Waals surface area contributed by atoms with Crippen LogP contribution < -0.4 is 0 Å². The highest BCUT2D eigenvalue weighted by Crippen LogP contribution is 2.34. The van der Waals surface area contributed by atoms with E-state index in [1.54, 1.807) is 6.26 Å². The fourth-order valence-electron chi connectivity index (χ4n) is 4.81. The average molecular weight is 435 g/mol. The Labute approximate surface area is 187 Å². The fraction of sp³-hybridized carbons (Fsp3) is 0.308. The van der Waals surface area contributed by atoms with Crippen LogP contribution in [0.3, 0.4) is 0 Å². The van der Waals surface area contributed by atoms with Crippen molar-refractivity contribution in [1.82, 2.24) is 8.87 Å². The van der Waals surface area contributed by atoms with E-state index in [4.69, 9.17) is 0 Å². The average Bonchev–Trinajstić information content (AvgIpc) is 3.32. The summed E-state index contributed by atoms with van der Waals surface area (Å²) in [6.45, 7) is 6.73. The lowest BCUT2D eigenvalue weighted by molar-refractivity contribution is 0.122. The topological polar surface area (TPSA) is 51.5 Å². The molecule has 2 aromatic carbocycles. The molecule has 0 saturated carbocycles. The maximum absolute atomic E-state index is 12.7. The number of para-hydroxylation sites is 2. The molecule has 5 heteroatoms. The highest BCUT2D eigenvalue weighted by molar-refractivity contribution is 7.88. The van der Waals surface area contributed by atoms with Gasteiger partial charge in [0.05, 0.1) is 25.2 Å². The largest absolute Gasteiger partial charge is 0.598 e. The summed E-state index contributed by atoms with van der Waals surface area (Å²) in [5.74, 6) is 0. The number of rotatable bonds is 8. The van der Waals surface area contributed by atoms with Crippen LogP contribution in [0.5, 0.6) is 0 Å². The maximum Gasteiger partial charge on any atom is 0.115 e. The Kier molecular flexibility index (Phi) is 6.68. The third-order valence-electron chi connectivity index (χ3n) is 6.15. The minimum absolute atomic E-state index is 0.0304. The van der Waals surface area contributed by atoms with E-state index in [1.807, 2.05) is 47.6 Å². The summed E-state index contributed by atoms with van der Waals surface area (Å²) in [6.07, 6.45) is 8.87. The Morgan fingerprint density at radius 3 is 2.35 bits per heavy atom. The van der Waals surface area contributed by atoms with Crippen molar-refractivity contribution < 1.29 is 9.66 Å². The first-order valence-electron chi connectivity index (χ1n) is 10.8. The molecule has 4 nitrogen and oxygen atoms in total. The second-order valence-electron chi connectivity index (χ2n) is 8.06. The van der Waals surface area contributed by atoms with Gasteiger partial charge in [0.2, 0.25) is 0 Å². The van der Waals surface area contributed by atoms with Gasteiger partial charge in [0.15, 0.2) is 0 Å². The first-order chi connectivity index (χ1) is 15.0. The molecule has 1 N–H and O–H groups in total. The van der Waals surface area contributed by atoms with Gasteiger partial charge in [-0.25, -0.2) is 0 Å². The van der Waals surface area contributed by atoms with Gasteiger partial charge in [-0.05, 0) is 43.0 Å². The zero-order valence-corrected chi connectivity index (χ0v) is 19.0. The fourth-order valence-corrected chi connectivity index (χ4v) is 5.77. The molecule has 1 heterocycles. The summed E-state index contributed by atoms with van der Waals surface area (Å²) in [7, 11) is 0. The highest BCUT2D eigenvalue weighted by atomic mass is 32.2. The Balaban J connectivity index is 1.62. The number of hydrogen-bond acceptors (Lipinski definition) is 3. The Bertz CT molecular complexity index is 1090. The summed E-state index contributed by atoms with van der Waals surface area (Å²) in [6, 6.07) is 16.6. The molecule has 3 aromatic rings. The number of hydrogen-bond donors (Lipinski definition) is 1. The van der Waals surface area contributed by atoms with E-state index < -0.39 is 17.5 Å². The van der Waals surface area contributed by atoms with Crippen molar-refractivity contribution in [2.45, 2.75) is 38.5 Å². The van der Waals surface area contributed by atoms with Crippen molar-refractivity contribution in [2.24, 2.45) is 0 Å². The summed E-state index contributed by atoms with van der Waals surface area (Å²) in [5, 5.41) is 13.5. The molecular formula is C26H30N2O2S. The lowest BCUT2D eigenvalue weighted by Gasteiger charge is -2.30. The minimum Gasteiger partial charge on any atom is -0.598 e. The van der Waals surface area contributed by atoms with Crippen LogP contribution >= 0.6 is 0 Å². The molecule has 0 bridgehead atoms. The minimum atomic E-state index is -1.20. The van der Waals surface area contributed by atoms with Gasteiger partial charge in [0.25, 0.3) is 0 Å². The van der Waals surface area contributed by atoms with E-state index in [1.165, 1.54) is 16.3 Å². The maximum atomic E-state index is 12.7. The third kappa shape index (κ3) is 4.23. The normalized spacial score (nSPS) is 19.2. The van der Waals surface area contributed by atoms with E-state index in [9.17, 15) is 9.66 Å². The van der Waals surface area contributed by atoms with E-state index in [-0.39, 0.29) is 6.04 Å².